The number of hydrogen-bond donors (Lipinski definition) is 1. The number of hydrogen-bond acceptors (Lipinski definition) is 3. The van der Waals surface area contributed by atoms with Crippen LogP contribution in [0.5, 0.6) is 0 Å². The predicted molar refractivity (Wildman–Crippen MR) is 87.6 cm³/mol. The molecule has 0 aliphatic rings. The van der Waals surface area contributed by atoms with Crippen LogP contribution in [0, 0.1) is 5.82 Å². The standard InChI is InChI=1S/C16H18FNOS2/c1-21(19)14-8-6-13(7-9-14)12-18-10-11-20-16-5-3-2-4-15(16)17/h2-9,18H,10-12H2,1H3/t21-/m1/s1. The Labute approximate surface area is 131 Å². The van der Waals surface area contributed by atoms with Crippen molar-refractivity contribution in [2.45, 2.75) is 16.3 Å². The maximum Gasteiger partial charge on any atom is 0.136 e. The maximum absolute atomic E-state index is 13.4. The second kappa shape index (κ2) is 8.32. The minimum atomic E-state index is -0.929. The normalized spacial score (nSPS) is 12.3. The Bertz CT molecular complexity index is 601. The summed E-state index contributed by atoms with van der Waals surface area (Å²) in [5, 5.41) is 3.32. The third-order valence-electron chi connectivity index (χ3n) is 2.96. The van der Waals surface area contributed by atoms with Gasteiger partial charge in [-0.25, -0.2) is 4.39 Å². The quantitative estimate of drug-likeness (QED) is 0.625. The molecule has 0 saturated heterocycles. The van der Waals surface area contributed by atoms with Crippen LogP contribution in [-0.4, -0.2) is 22.8 Å². The van der Waals surface area contributed by atoms with E-state index in [1.807, 2.05) is 30.3 Å². The van der Waals surface area contributed by atoms with Gasteiger partial charge in [0.2, 0.25) is 0 Å². The van der Waals surface area contributed by atoms with Crippen molar-refractivity contribution in [1.29, 1.82) is 0 Å². The summed E-state index contributed by atoms with van der Waals surface area (Å²) in [6, 6.07) is 14.6. The Hall–Kier alpha value is -1.17. The molecule has 2 aromatic carbocycles. The zero-order valence-corrected chi connectivity index (χ0v) is 13.5. The number of rotatable bonds is 7. The average Bonchev–Trinajstić information content (AvgIpc) is 2.49. The first kappa shape index (κ1) is 16.2. The third-order valence-corrected chi connectivity index (χ3v) is 4.94. The highest BCUT2D eigenvalue weighted by molar-refractivity contribution is 7.99. The van der Waals surface area contributed by atoms with Crippen LogP contribution in [0.25, 0.3) is 0 Å². The molecule has 0 radical (unpaired) electrons. The summed E-state index contributed by atoms with van der Waals surface area (Å²) < 4.78 is 24.7. The molecule has 0 heterocycles. The summed E-state index contributed by atoms with van der Waals surface area (Å²) in [5.74, 6) is 0.656. The predicted octanol–water partition coefficient (Wildman–Crippen LogP) is 3.45. The molecule has 5 heteroatoms. The fourth-order valence-electron chi connectivity index (χ4n) is 1.83. The van der Waals surface area contributed by atoms with Gasteiger partial charge in [0.15, 0.2) is 0 Å². The summed E-state index contributed by atoms with van der Waals surface area (Å²) in [7, 11) is -0.929. The van der Waals surface area contributed by atoms with Gasteiger partial charge in [-0.3, -0.25) is 4.21 Å². The van der Waals surface area contributed by atoms with E-state index in [0.717, 1.165) is 29.3 Å². The largest absolute Gasteiger partial charge is 0.312 e. The van der Waals surface area contributed by atoms with Crippen LogP contribution in [-0.2, 0) is 17.3 Å². The summed E-state index contributed by atoms with van der Waals surface area (Å²) in [4.78, 5) is 1.53. The molecule has 0 amide bonds. The molecule has 0 spiro atoms. The number of thioether (sulfide) groups is 1. The topological polar surface area (TPSA) is 29.1 Å². The highest BCUT2D eigenvalue weighted by Gasteiger charge is 2.01. The molecule has 0 fully saturated rings. The van der Waals surface area contributed by atoms with Gasteiger partial charge in [-0.1, -0.05) is 24.3 Å². The van der Waals surface area contributed by atoms with Crippen LogP contribution in [0.15, 0.2) is 58.3 Å². The second-order valence-corrected chi connectivity index (χ2v) is 7.07. The van der Waals surface area contributed by atoms with E-state index in [2.05, 4.69) is 5.32 Å². The van der Waals surface area contributed by atoms with Crippen molar-refractivity contribution in [3.8, 4) is 0 Å². The Morgan fingerprint density at radius 1 is 1.14 bits per heavy atom. The van der Waals surface area contributed by atoms with Crippen LogP contribution < -0.4 is 5.32 Å². The zero-order valence-electron chi connectivity index (χ0n) is 11.8. The van der Waals surface area contributed by atoms with Gasteiger partial charge < -0.3 is 5.32 Å². The Morgan fingerprint density at radius 2 is 1.86 bits per heavy atom. The molecule has 0 saturated carbocycles. The van der Waals surface area contributed by atoms with E-state index < -0.39 is 10.8 Å². The van der Waals surface area contributed by atoms with Crippen molar-refractivity contribution in [2.75, 3.05) is 18.6 Å². The first-order valence-electron chi connectivity index (χ1n) is 6.67. The molecule has 1 N–H and O–H groups in total. The van der Waals surface area contributed by atoms with E-state index in [1.54, 1.807) is 18.4 Å². The van der Waals surface area contributed by atoms with Gasteiger partial charge in [-0.05, 0) is 29.8 Å². The molecule has 0 bridgehead atoms. The van der Waals surface area contributed by atoms with Crippen molar-refractivity contribution >= 4 is 22.6 Å². The van der Waals surface area contributed by atoms with Crippen LogP contribution in [0.2, 0.25) is 0 Å². The lowest BCUT2D eigenvalue weighted by Crippen LogP contribution is -2.16. The van der Waals surface area contributed by atoms with Crippen LogP contribution in [0.4, 0.5) is 4.39 Å². The maximum atomic E-state index is 13.4. The smallest absolute Gasteiger partial charge is 0.136 e. The molecular weight excluding hydrogens is 305 g/mol. The van der Waals surface area contributed by atoms with Crippen molar-refractivity contribution in [2.24, 2.45) is 0 Å². The van der Waals surface area contributed by atoms with Crippen molar-refractivity contribution in [1.82, 2.24) is 5.32 Å². The molecular formula is C16H18FNOS2. The van der Waals surface area contributed by atoms with Gasteiger partial charge in [-0.2, -0.15) is 0 Å². The van der Waals surface area contributed by atoms with Crippen molar-refractivity contribution in [3.63, 3.8) is 0 Å². The van der Waals surface area contributed by atoms with Gasteiger partial charge in [0.1, 0.15) is 5.82 Å². The molecule has 2 nitrogen and oxygen atoms in total. The molecule has 2 aromatic rings. The number of nitrogens with one attached hydrogen (secondary N) is 1. The van der Waals surface area contributed by atoms with Gasteiger partial charge in [-0.15, -0.1) is 11.8 Å². The lowest BCUT2D eigenvalue weighted by molar-refractivity contribution is 0.602. The fourth-order valence-corrected chi connectivity index (χ4v) is 3.19. The Kier molecular flexibility index (Phi) is 6.42. The summed E-state index contributed by atoms with van der Waals surface area (Å²) in [5.41, 5.74) is 1.15. The second-order valence-electron chi connectivity index (χ2n) is 4.55. The van der Waals surface area contributed by atoms with Gasteiger partial charge in [0.25, 0.3) is 0 Å². The molecule has 0 aliphatic heterocycles. The van der Waals surface area contributed by atoms with E-state index in [0.29, 0.717) is 4.90 Å². The van der Waals surface area contributed by atoms with E-state index in [-0.39, 0.29) is 5.82 Å². The molecule has 0 unspecified atom stereocenters. The van der Waals surface area contributed by atoms with Crippen LogP contribution >= 0.6 is 11.8 Å². The highest BCUT2D eigenvalue weighted by atomic mass is 32.2. The number of benzene rings is 2. The van der Waals surface area contributed by atoms with E-state index >= 15 is 0 Å². The van der Waals surface area contributed by atoms with Crippen LogP contribution in [0.1, 0.15) is 5.56 Å². The lowest BCUT2D eigenvalue weighted by Gasteiger charge is -2.06. The first-order chi connectivity index (χ1) is 10.2. The molecule has 1 atom stereocenters. The highest BCUT2D eigenvalue weighted by Crippen LogP contribution is 2.20. The SMILES string of the molecule is C[S@@](=O)c1ccc(CNCCSc2ccccc2F)cc1. The van der Waals surface area contributed by atoms with E-state index in [4.69, 9.17) is 0 Å². The molecule has 0 aromatic heterocycles. The first-order valence-corrected chi connectivity index (χ1v) is 9.21. The fraction of sp³-hybridized carbons (Fsp3) is 0.250. The lowest BCUT2D eigenvalue weighted by atomic mass is 10.2. The summed E-state index contributed by atoms with van der Waals surface area (Å²) in [6.45, 7) is 1.56. The van der Waals surface area contributed by atoms with Gasteiger partial charge >= 0.3 is 0 Å². The molecule has 21 heavy (non-hydrogen) atoms. The monoisotopic (exact) mass is 323 g/mol. The van der Waals surface area contributed by atoms with E-state index in [9.17, 15) is 8.60 Å². The minimum Gasteiger partial charge on any atom is -0.312 e. The van der Waals surface area contributed by atoms with E-state index in [1.165, 1.54) is 17.8 Å². The molecule has 0 aliphatic carbocycles. The van der Waals surface area contributed by atoms with Crippen LogP contribution in [0.3, 0.4) is 0 Å². The Morgan fingerprint density at radius 3 is 2.52 bits per heavy atom. The van der Waals surface area contributed by atoms with Crippen molar-refractivity contribution < 1.29 is 8.60 Å². The summed E-state index contributed by atoms with van der Waals surface area (Å²) in [6.07, 6.45) is 1.67. The molecule has 2 rings (SSSR count). The molecule has 112 valence electrons. The third kappa shape index (κ3) is 5.26. The Balaban J connectivity index is 1.70. The summed E-state index contributed by atoms with van der Waals surface area (Å²) >= 11 is 1.51. The van der Waals surface area contributed by atoms with Gasteiger partial charge in [0, 0.05) is 45.7 Å². The van der Waals surface area contributed by atoms with Crippen molar-refractivity contribution in [3.05, 3.63) is 59.9 Å². The minimum absolute atomic E-state index is 0.161. The number of halogens is 1. The zero-order chi connectivity index (χ0) is 15.1. The van der Waals surface area contributed by atoms with Gasteiger partial charge in [0.05, 0.1) is 0 Å². The average molecular weight is 323 g/mol.